The van der Waals surface area contributed by atoms with E-state index < -0.39 is 0 Å². The molecule has 0 fully saturated rings. The van der Waals surface area contributed by atoms with Crippen molar-refractivity contribution in [2.75, 3.05) is 12.3 Å². The molecule has 0 radical (unpaired) electrons. The number of anilines is 1. The number of nitrogens with two attached hydrogens (primary N) is 1. The summed E-state index contributed by atoms with van der Waals surface area (Å²) in [4.78, 5) is 22.0. The molecule has 6 nitrogen and oxygen atoms in total. The van der Waals surface area contributed by atoms with E-state index in [1.54, 1.807) is 10.6 Å². The van der Waals surface area contributed by atoms with Crippen LogP contribution in [0.3, 0.4) is 0 Å². The number of carbonyl (C=O) groups excluding carboxylic acids is 1. The quantitative estimate of drug-likeness (QED) is 0.512. The first-order chi connectivity index (χ1) is 12.2. The van der Waals surface area contributed by atoms with Crippen LogP contribution in [0.15, 0.2) is 36.9 Å². The van der Waals surface area contributed by atoms with E-state index in [9.17, 15) is 4.79 Å². The first-order valence-electron chi connectivity index (χ1n) is 8.61. The molecular formula is C19H23N5O. The van der Waals surface area contributed by atoms with Gasteiger partial charge in [-0.2, -0.15) is 0 Å². The van der Waals surface area contributed by atoms with Crippen LogP contribution in [0.1, 0.15) is 36.5 Å². The number of carbonyl (C=O) groups is 1. The highest BCUT2D eigenvalue weighted by Gasteiger charge is 2.23. The molecule has 25 heavy (non-hydrogen) atoms. The van der Waals surface area contributed by atoms with E-state index in [2.05, 4.69) is 28.8 Å². The van der Waals surface area contributed by atoms with Gasteiger partial charge in [0.25, 0.3) is 5.91 Å². The maximum absolute atomic E-state index is 12.7. The fourth-order valence-corrected chi connectivity index (χ4v) is 2.92. The number of unbranched alkanes of at least 4 members (excludes halogenated alkanes) is 2. The molecule has 0 aliphatic heterocycles. The number of hydrogen-bond acceptors (Lipinski definition) is 4. The Bertz CT molecular complexity index is 928. The molecule has 1 amide bonds. The number of allylic oxidation sites excluding steroid dienone is 1. The van der Waals surface area contributed by atoms with Gasteiger partial charge in [0.05, 0.1) is 11.0 Å². The molecule has 0 saturated carbocycles. The molecule has 0 saturated heterocycles. The van der Waals surface area contributed by atoms with Gasteiger partial charge in [0.1, 0.15) is 16.9 Å². The predicted molar refractivity (Wildman–Crippen MR) is 102 cm³/mol. The Morgan fingerprint density at radius 2 is 2.00 bits per heavy atom. The third kappa shape index (κ3) is 3.20. The average Bonchev–Trinajstić information content (AvgIpc) is 2.88. The van der Waals surface area contributed by atoms with Crippen molar-refractivity contribution in [3.05, 3.63) is 42.5 Å². The van der Waals surface area contributed by atoms with Crippen LogP contribution in [0.2, 0.25) is 0 Å². The van der Waals surface area contributed by atoms with E-state index in [1.165, 1.54) is 0 Å². The van der Waals surface area contributed by atoms with Crippen LogP contribution in [-0.4, -0.2) is 27.0 Å². The highest BCUT2D eigenvalue weighted by molar-refractivity contribution is 6.10. The zero-order chi connectivity index (χ0) is 17.8. The van der Waals surface area contributed by atoms with Crippen molar-refractivity contribution < 1.29 is 4.79 Å². The SMILES string of the molecule is C=CCn1c(N)c(C(=O)NCCCCC)c2nc3ccccc3nc21. The smallest absolute Gasteiger partial charge is 0.257 e. The summed E-state index contributed by atoms with van der Waals surface area (Å²) < 4.78 is 1.78. The molecule has 3 rings (SSSR count). The van der Waals surface area contributed by atoms with E-state index >= 15 is 0 Å². The van der Waals surface area contributed by atoms with Gasteiger partial charge in [-0.3, -0.25) is 4.79 Å². The van der Waals surface area contributed by atoms with Crippen molar-refractivity contribution in [1.82, 2.24) is 19.9 Å². The molecular weight excluding hydrogens is 314 g/mol. The topological polar surface area (TPSA) is 85.8 Å². The van der Waals surface area contributed by atoms with Gasteiger partial charge in [0.15, 0.2) is 5.65 Å². The lowest BCUT2D eigenvalue weighted by Crippen LogP contribution is -2.25. The van der Waals surface area contributed by atoms with Gasteiger partial charge in [-0.05, 0) is 18.6 Å². The van der Waals surface area contributed by atoms with Gasteiger partial charge in [0.2, 0.25) is 0 Å². The molecule has 0 aliphatic rings. The van der Waals surface area contributed by atoms with Crippen molar-refractivity contribution in [3.8, 4) is 0 Å². The molecule has 0 aliphatic carbocycles. The first-order valence-corrected chi connectivity index (χ1v) is 8.61. The first kappa shape index (κ1) is 17.0. The standard InChI is InChI=1S/C19H23N5O/c1-3-5-8-11-21-19(25)15-16-18(24(12-4-2)17(15)20)23-14-10-7-6-9-13(14)22-16/h4,6-7,9-10H,2-3,5,8,11-12,20H2,1H3,(H,21,25). The van der Waals surface area contributed by atoms with Crippen molar-refractivity contribution in [1.29, 1.82) is 0 Å². The van der Waals surface area contributed by atoms with Gasteiger partial charge in [-0.15, -0.1) is 6.58 Å². The van der Waals surface area contributed by atoms with Crippen LogP contribution in [0.4, 0.5) is 5.82 Å². The Labute approximate surface area is 146 Å². The van der Waals surface area contributed by atoms with Crippen LogP contribution in [-0.2, 0) is 6.54 Å². The molecule has 0 bridgehead atoms. The van der Waals surface area contributed by atoms with Crippen LogP contribution in [0.25, 0.3) is 22.2 Å². The van der Waals surface area contributed by atoms with Crippen LogP contribution >= 0.6 is 0 Å². The number of aromatic nitrogens is 3. The van der Waals surface area contributed by atoms with Gasteiger partial charge < -0.3 is 15.6 Å². The number of nitrogens with one attached hydrogen (secondary N) is 1. The highest BCUT2D eigenvalue weighted by Crippen LogP contribution is 2.27. The lowest BCUT2D eigenvalue weighted by atomic mass is 10.2. The predicted octanol–water partition coefficient (Wildman–Crippen LogP) is 3.27. The van der Waals surface area contributed by atoms with Crippen molar-refractivity contribution >= 4 is 33.9 Å². The highest BCUT2D eigenvalue weighted by atomic mass is 16.1. The lowest BCUT2D eigenvalue weighted by Gasteiger charge is -2.05. The van der Waals surface area contributed by atoms with E-state index in [0.717, 1.165) is 30.3 Å². The maximum Gasteiger partial charge on any atom is 0.257 e. The molecule has 3 aromatic rings. The summed E-state index contributed by atoms with van der Waals surface area (Å²) in [5.74, 6) is 0.171. The number of nitrogens with zero attached hydrogens (tertiary/aromatic N) is 3. The molecule has 2 aromatic heterocycles. The van der Waals surface area contributed by atoms with Crippen molar-refractivity contribution in [3.63, 3.8) is 0 Å². The number of rotatable bonds is 7. The summed E-state index contributed by atoms with van der Waals surface area (Å²) in [5, 5.41) is 2.94. The minimum atomic E-state index is -0.203. The minimum Gasteiger partial charge on any atom is -0.384 e. The van der Waals surface area contributed by atoms with Crippen LogP contribution in [0, 0.1) is 0 Å². The number of fused-ring (bicyclic) bond motifs is 2. The molecule has 2 heterocycles. The fourth-order valence-electron chi connectivity index (χ4n) is 2.92. The van der Waals surface area contributed by atoms with Gasteiger partial charge in [-0.25, -0.2) is 9.97 Å². The molecule has 130 valence electrons. The second-order valence-electron chi connectivity index (χ2n) is 6.01. The molecule has 0 unspecified atom stereocenters. The Morgan fingerprint density at radius 3 is 2.68 bits per heavy atom. The largest absolute Gasteiger partial charge is 0.384 e. The zero-order valence-corrected chi connectivity index (χ0v) is 14.5. The number of nitrogen functional groups attached to an aromatic ring is 1. The Morgan fingerprint density at radius 1 is 1.28 bits per heavy atom. The lowest BCUT2D eigenvalue weighted by molar-refractivity contribution is 0.0955. The Kier molecular flexibility index (Phi) is 4.97. The van der Waals surface area contributed by atoms with Gasteiger partial charge in [-0.1, -0.05) is 38.0 Å². The number of para-hydroxylation sites is 2. The molecule has 3 N–H and O–H groups in total. The third-order valence-electron chi connectivity index (χ3n) is 4.20. The maximum atomic E-state index is 12.7. The minimum absolute atomic E-state index is 0.203. The van der Waals surface area contributed by atoms with Crippen LogP contribution in [0.5, 0.6) is 0 Å². The number of amides is 1. The number of benzene rings is 1. The third-order valence-corrected chi connectivity index (χ3v) is 4.20. The number of hydrogen-bond donors (Lipinski definition) is 2. The van der Waals surface area contributed by atoms with E-state index in [1.807, 2.05) is 24.3 Å². The van der Waals surface area contributed by atoms with Gasteiger partial charge in [0, 0.05) is 13.1 Å². The van der Waals surface area contributed by atoms with Crippen LogP contribution < -0.4 is 11.1 Å². The summed E-state index contributed by atoms with van der Waals surface area (Å²) in [6.45, 7) is 6.99. The normalized spacial score (nSPS) is 11.1. The van der Waals surface area contributed by atoms with E-state index in [0.29, 0.717) is 35.6 Å². The summed E-state index contributed by atoms with van der Waals surface area (Å²) in [7, 11) is 0. The van der Waals surface area contributed by atoms with Crippen molar-refractivity contribution in [2.45, 2.75) is 32.7 Å². The second kappa shape index (κ2) is 7.34. The van der Waals surface area contributed by atoms with Gasteiger partial charge >= 0.3 is 0 Å². The second-order valence-corrected chi connectivity index (χ2v) is 6.01. The van der Waals surface area contributed by atoms with E-state index in [4.69, 9.17) is 5.73 Å². The molecule has 6 heteroatoms. The van der Waals surface area contributed by atoms with E-state index in [-0.39, 0.29) is 5.91 Å². The zero-order valence-electron chi connectivity index (χ0n) is 14.5. The summed E-state index contributed by atoms with van der Waals surface area (Å²) in [5.41, 5.74) is 9.32. The summed E-state index contributed by atoms with van der Waals surface area (Å²) >= 11 is 0. The fraction of sp³-hybridized carbons (Fsp3) is 0.316. The Balaban J connectivity index is 2.09. The Hall–Kier alpha value is -2.89. The monoisotopic (exact) mass is 337 g/mol. The summed E-state index contributed by atoms with van der Waals surface area (Å²) in [6, 6.07) is 7.59. The molecule has 0 spiro atoms. The average molecular weight is 337 g/mol. The van der Waals surface area contributed by atoms with Crippen molar-refractivity contribution in [2.24, 2.45) is 0 Å². The summed E-state index contributed by atoms with van der Waals surface area (Å²) in [6.07, 6.45) is 4.87. The molecule has 1 aromatic carbocycles. The molecule has 0 atom stereocenters.